The number of nitrogens with zero attached hydrogens (tertiary/aromatic N) is 3. The summed E-state index contributed by atoms with van der Waals surface area (Å²) < 4.78 is 4.97. The predicted octanol–water partition coefficient (Wildman–Crippen LogP) is 3.39. The van der Waals surface area contributed by atoms with Crippen LogP contribution in [0.3, 0.4) is 0 Å². The van der Waals surface area contributed by atoms with E-state index in [0.717, 1.165) is 11.3 Å². The maximum absolute atomic E-state index is 12.4. The van der Waals surface area contributed by atoms with E-state index >= 15 is 0 Å². The minimum absolute atomic E-state index is 0.256. The molecule has 2 heterocycles. The molecule has 0 fully saturated rings. The van der Waals surface area contributed by atoms with Crippen molar-refractivity contribution in [2.75, 3.05) is 10.6 Å². The van der Waals surface area contributed by atoms with Crippen molar-refractivity contribution in [1.29, 1.82) is 0 Å². The van der Waals surface area contributed by atoms with Crippen molar-refractivity contribution in [3.05, 3.63) is 59.1 Å². The van der Waals surface area contributed by atoms with Crippen LogP contribution in [0.15, 0.2) is 41.1 Å². The lowest BCUT2D eigenvalue weighted by Gasteiger charge is -2.08. The van der Waals surface area contributed by atoms with E-state index in [-0.39, 0.29) is 17.5 Å². The molecular weight excluding hydrogens is 306 g/mol. The molecule has 0 atom stereocenters. The van der Waals surface area contributed by atoms with E-state index in [4.69, 9.17) is 4.52 Å². The van der Waals surface area contributed by atoms with Crippen molar-refractivity contribution in [3.63, 3.8) is 0 Å². The van der Waals surface area contributed by atoms with Crippen molar-refractivity contribution < 1.29 is 9.32 Å². The van der Waals surface area contributed by atoms with Crippen molar-refractivity contribution in [3.8, 4) is 0 Å². The topological polar surface area (TPSA) is 92.9 Å². The summed E-state index contributed by atoms with van der Waals surface area (Å²) in [5.41, 5.74) is 3.26. The first-order valence-corrected chi connectivity index (χ1v) is 7.43. The van der Waals surface area contributed by atoms with Gasteiger partial charge in [-0.25, -0.2) is 9.97 Å². The monoisotopic (exact) mass is 323 g/mol. The van der Waals surface area contributed by atoms with Crippen LogP contribution >= 0.6 is 0 Å². The average Bonchev–Trinajstić information content (AvgIpc) is 2.96. The summed E-state index contributed by atoms with van der Waals surface area (Å²) in [6.45, 7) is 5.80. The molecule has 0 saturated heterocycles. The zero-order valence-electron chi connectivity index (χ0n) is 13.6. The number of anilines is 3. The van der Waals surface area contributed by atoms with Crippen molar-refractivity contribution in [1.82, 2.24) is 15.1 Å². The molecule has 0 saturated carbocycles. The number of aromatic nitrogens is 3. The lowest BCUT2D eigenvalue weighted by Crippen LogP contribution is -2.15. The van der Waals surface area contributed by atoms with E-state index in [1.165, 1.54) is 11.8 Å². The number of aryl methyl sites for hydroxylation is 3. The fraction of sp³-hybridized carbons (Fsp3) is 0.176. The number of nitrogens with one attached hydrogen (secondary N) is 2. The molecule has 24 heavy (non-hydrogen) atoms. The number of carbonyl (C=O) groups excluding carboxylic acids is 1. The summed E-state index contributed by atoms with van der Waals surface area (Å²) >= 11 is 0. The molecule has 1 aromatic carbocycles. The zero-order chi connectivity index (χ0) is 17.1. The van der Waals surface area contributed by atoms with Gasteiger partial charge in [-0.1, -0.05) is 11.2 Å². The number of hydrogen-bond donors (Lipinski definition) is 2. The molecule has 0 aliphatic heterocycles. The molecule has 122 valence electrons. The third kappa shape index (κ3) is 3.57. The van der Waals surface area contributed by atoms with Gasteiger partial charge in [0.25, 0.3) is 5.91 Å². The first-order chi connectivity index (χ1) is 11.5. The van der Waals surface area contributed by atoms with Crippen LogP contribution in [0.25, 0.3) is 0 Å². The zero-order valence-corrected chi connectivity index (χ0v) is 13.6. The summed E-state index contributed by atoms with van der Waals surface area (Å²) in [4.78, 5) is 20.6. The van der Waals surface area contributed by atoms with Gasteiger partial charge < -0.3 is 15.2 Å². The van der Waals surface area contributed by atoms with Gasteiger partial charge in [-0.05, 0) is 50.1 Å². The first kappa shape index (κ1) is 15.7. The van der Waals surface area contributed by atoms with E-state index in [9.17, 15) is 4.79 Å². The highest BCUT2D eigenvalue weighted by Gasteiger charge is 2.11. The Balaban J connectivity index is 1.75. The molecule has 0 aliphatic carbocycles. The standard InChI is InChI=1S/C17H17N5O2/c1-10-4-5-13(8-11(10)2)19-16(23)14-6-7-18-17(20-14)21-15-9-12(3)24-22-15/h4-9H,1-3H3,(H,19,23)(H,18,20,21,22). The van der Waals surface area contributed by atoms with E-state index in [1.807, 2.05) is 32.0 Å². The van der Waals surface area contributed by atoms with Gasteiger partial charge in [0.2, 0.25) is 5.95 Å². The van der Waals surface area contributed by atoms with Crippen LogP contribution in [0.5, 0.6) is 0 Å². The van der Waals surface area contributed by atoms with Gasteiger partial charge in [0.15, 0.2) is 5.82 Å². The lowest BCUT2D eigenvalue weighted by molar-refractivity contribution is 0.102. The molecule has 3 rings (SSSR count). The van der Waals surface area contributed by atoms with Crippen LogP contribution in [0.2, 0.25) is 0 Å². The third-order valence-electron chi connectivity index (χ3n) is 3.52. The lowest BCUT2D eigenvalue weighted by atomic mass is 10.1. The maximum Gasteiger partial charge on any atom is 0.274 e. The summed E-state index contributed by atoms with van der Waals surface area (Å²) in [6, 6.07) is 9.01. The minimum Gasteiger partial charge on any atom is -0.360 e. The second-order valence-corrected chi connectivity index (χ2v) is 5.47. The Morgan fingerprint density at radius 3 is 2.62 bits per heavy atom. The van der Waals surface area contributed by atoms with E-state index < -0.39 is 0 Å². The van der Waals surface area contributed by atoms with E-state index in [0.29, 0.717) is 11.6 Å². The predicted molar refractivity (Wildman–Crippen MR) is 90.4 cm³/mol. The van der Waals surface area contributed by atoms with Crippen LogP contribution in [0.4, 0.5) is 17.5 Å². The van der Waals surface area contributed by atoms with Gasteiger partial charge in [0.05, 0.1) is 0 Å². The number of benzene rings is 1. The van der Waals surface area contributed by atoms with Crippen LogP contribution in [0.1, 0.15) is 27.4 Å². The number of rotatable bonds is 4. The van der Waals surface area contributed by atoms with Gasteiger partial charge >= 0.3 is 0 Å². The molecular formula is C17H17N5O2. The Kier molecular flexibility index (Phi) is 4.24. The highest BCUT2D eigenvalue weighted by molar-refractivity contribution is 6.03. The molecule has 0 radical (unpaired) electrons. The molecule has 0 spiro atoms. The molecule has 2 aromatic heterocycles. The van der Waals surface area contributed by atoms with Crippen molar-refractivity contribution in [2.24, 2.45) is 0 Å². The quantitative estimate of drug-likeness (QED) is 0.764. The molecule has 1 amide bonds. The van der Waals surface area contributed by atoms with E-state index in [1.54, 1.807) is 19.1 Å². The minimum atomic E-state index is -0.306. The summed E-state index contributed by atoms with van der Waals surface area (Å²) in [5.74, 6) is 1.12. The SMILES string of the molecule is Cc1cc(Nc2nccc(C(=O)Nc3ccc(C)c(C)c3)n2)no1. The van der Waals surface area contributed by atoms with Crippen molar-refractivity contribution >= 4 is 23.4 Å². The highest BCUT2D eigenvalue weighted by Crippen LogP contribution is 2.16. The van der Waals surface area contributed by atoms with Crippen LogP contribution < -0.4 is 10.6 Å². The molecule has 0 unspecified atom stereocenters. The van der Waals surface area contributed by atoms with Crippen LogP contribution in [0, 0.1) is 20.8 Å². The number of amides is 1. The van der Waals surface area contributed by atoms with E-state index in [2.05, 4.69) is 25.8 Å². The van der Waals surface area contributed by atoms with Crippen molar-refractivity contribution in [2.45, 2.75) is 20.8 Å². The normalized spacial score (nSPS) is 10.5. The molecule has 0 bridgehead atoms. The summed E-state index contributed by atoms with van der Waals surface area (Å²) in [6.07, 6.45) is 1.51. The van der Waals surface area contributed by atoms with Gasteiger partial charge in [-0.3, -0.25) is 4.79 Å². The van der Waals surface area contributed by atoms with Gasteiger partial charge in [0.1, 0.15) is 11.5 Å². The average molecular weight is 323 g/mol. The Labute approximate surface area is 139 Å². The molecule has 2 N–H and O–H groups in total. The maximum atomic E-state index is 12.4. The Bertz CT molecular complexity index is 888. The molecule has 7 nitrogen and oxygen atoms in total. The molecule has 3 aromatic rings. The third-order valence-corrected chi connectivity index (χ3v) is 3.52. The highest BCUT2D eigenvalue weighted by atomic mass is 16.5. The van der Waals surface area contributed by atoms with Gasteiger partial charge in [-0.15, -0.1) is 0 Å². The van der Waals surface area contributed by atoms with Gasteiger partial charge in [-0.2, -0.15) is 0 Å². The molecule has 7 heteroatoms. The fourth-order valence-corrected chi connectivity index (χ4v) is 2.10. The smallest absolute Gasteiger partial charge is 0.274 e. The summed E-state index contributed by atoms with van der Waals surface area (Å²) in [7, 11) is 0. The summed E-state index contributed by atoms with van der Waals surface area (Å²) in [5, 5.41) is 9.53. The second kappa shape index (κ2) is 6.49. The second-order valence-electron chi connectivity index (χ2n) is 5.47. The first-order valence-electron chi connectivity index (χ1n) is 7.43. The number of hydrogen-bond acceptors (Lipinski definition) is 6. The number of carbonyl (C=O) groups is 1. The Morgan fingerprint density at radius 1 is 1.08 bits per heavy atom. The Morgan fingerprint density at radius 2 is 1.92 bits per heavy atom. The largest absolute Gasteiger partial charge is 0.360 e. The Hall–Kier alpha value is -3.22. The van der Waals surface area contributed by atoms with Crippen LogP contribution in [-0.2, 0) is 0 Å². The fourth-order valence-electron chi connectivity index (χ4n) is 2.10. The van der Waals surface area contributed by atoms with Crippen LogP contribution in [-0.4, -0.2) is 21.0 Å². The molecule has 0 aliphatic rings. The van der Waals surface area contributed by atoms with Gasteiger partial charge in [0, 0.05) is 18.0 Å².